The fourth-order valence-electron chi connectivity index (χ4n) is 3.87. The minimum absolute atomic E-state index is 0.0292. The van der Waals surface area contributed by atoms with Crippen LogP contribution in [0.15, 0.2) is 30.3 Å². The first-order valence-electron chi connectivity index (χ1n) is 9.99. The molecular weight excluding hydrogens is 410 g/mol. The largest absolute Gasteiger partial charge is 0.506 e. The van der Waals surface area contributed by atoms with Gasteiger partial charge in [-0.2, -0.15) is 8.42 Å². The molecule has 0 radical (unpaired) electrons. The Labute approximate surface area is 176 Å². The number of nitrogens with zero attached hydrogens (tertiary/aromatic N) is 1. The number of alkyl carbamates (subject to hydrolysis) is 1. The highest BCUT2D eigenvalue weighted by Gasteiger charge is 2.32. The van der Waals surface area contributed by atoms with E-state index >= 15 is 0 Å². The Morgan fingerprint density at radius 3 is 2.57 bits per heavy atom. The van der Waals surface area contributed by atoms with E-state index in [-0.39, 0.29) is 23.4 Å². The van der Waals surface area contributed by atoms with Crippen molar-refractivity contribution in [1.29, 1.82) is 0 Å². The third-order valence-corrected chi connectivity index (χ3v) is 6.41. The number of amides is 1. The zero-order chi connectivity index (χ0) is 22.1. The first-order valence-corrected chi connectivity index (χ1v) is 11.4. The molecule has 0 aromatic heterocycles. The molecule has 2 aliphatic rings. The number of phenols is 1. The van der Waals surface area contributed by atoms with Crippen molar-refractivity contribution < 1.29 is 28.2 Å². The Kier molecular flexibility index (Phi) is 6.07. The van der Waals surface area contributed by atoms with Gasteiger partial charge in [-0.25, -0.2) is 13.8 Å². The molecule has 1 aromatic carbocycles. The zero-order valence-corrected chi connectivity index (χ0v) is 18.2. The van der Waals surface area contributed by atoms with E-state index in [4.69, 9.17) is 4.74 Å². The van der Waals surface area contributed by atoms with Gasteiger partial charge in [-0.05, 0) is 63.6 Å². The molecule has 0 bridgehead atoms. The normalized spacial score (nSPS) is 23.4. The van der Waals surface area contributed by atoms with Crippen molar-refractivity contribution in [2.75, 3.05) is 4.31 Å². The lowest BCUT2D eigenvalue weighted by Crippen LogP contribution is -2.45. The minimum atomic E-state index is -3.97. The highest BCUT2D eigenvalue weighted by atomic mass is 32.2. The molecule has 0 saturated heterocycles. The van der Waals surface area contributed by atoms with Crippen molar-refractivity contribution >= 4 is 22.0 Å². The number of aliphatic hydroxyl groups excluding tert-OH is 1. The zero-order valence-electron chi connectivity index (χ0n) is 17.4. The van der Waals surface area contributed by atoms with E-state index in [1.807, 2.05) is 25.5 Å². The number of benzene rings is 1. The predicted octanol–water partition coefficient (Wildman–Crippen LogP) is 3.03. The second kappa shape index (κ2) is 8.25. The molecule has 4 N–H and O–H groups in total. The van der Waals surface area contributed by atoms with Crippen molar-refractivity contribution in [3.05, 3.63) is 35.8 Å². The van der Waals surface area contributed by atoms with Crippen LogP contribution >= 0.6 is 0 Å². The molecule has 1 heterocycles. The van der Waals surface area contributed by atoms with E-state index in [1.54, 1.807) is 6.07 Å². The number of ether oxygens (including phenoxy) is 1. The Balaban J connectivity index is 1.71. The number of anilines is 1. The van der Waals surface area contributed by atoms with Crippen LogP contribution in [-0.4, -0.2) is 36.4 Å². The lowest BCUT2D eigenvalue weighted by atomic mass is 9.80. The summed E-state index contributed by atoms with van der Waals surface area (Å²) in [5, 5.41) is 22.8. The molecule has 10 heteroatoms. The van der Waals surface area contributed by atoms with Crippen LogP contribution in [0.2, 0.25) is 0 Å². The lowest BCUT2D eigenvalue weighted by Gasteiger charge is -2.33. The maximum atomic E-state index is 12.2. The monoisotopic (exact) mass is 439 g/mol. The van der Waals surface area contributed by atoms with E-state index in [1.165, 1.54) is 12.1 Å². The van der Waals surface area contributed by atoms with Crippen LogP contribution < -0.4 is 14.3 Å². The lowest BCUT2D eigenvalue weighted by molar-refractivity contribution is 0.0468. The fraction of sp³-hybridized carbons (Fsp3) is 0.550. The summed E-state index contributed by atoms with van der Waals surface area (Å²) in [4.78, 5) is 12.2. The highest BCUT2D eigenvalue weighted by Crippen LogP contribution is 2.34. The third kappa shape index (κ3) is 5.29. The summed E-state index contributed by atoms with van der Waals surface area (Å²) in [5.74, 6) is -0.550. The summed E-state index contributed by atoms with van der Waals surface area (Å²) in [6.45, 7) is 5.46. The molecule has 1 amide bonds. The third-order valence-electron chi connectivity index (χ3n) is 5.12. The second-order valence-corrected chi connectivity index (χ2v) is 10.3. The van der Waals surface area contributed by atoms with Gasteiger partial charge in [-0.3, -0.25) is 0 Å². The Morgan fingerprint density at radius 1 is 1.27 bits per heavy atom. The number of nitrogens with one attached hydrogen (secondary N) is 2. The number of carbonyl (C=O) groups excluding carboxylic acids is 1. The summed E-state index contributed by atoms with van der Waals surface area (Å²) in [6.07, 6.45) is 5.06. The number of hydrogen-bond acceptors (Lipinski definition) is 6. The van der Waals surface area contributed by atoms with Gasteiger partial charge in [0.1, 0.15) is 17.0 Å². The van der Waals surface area contributed by atoms with Crippen LogP contribution in [0.1, 0.15) is 52.0 Å². The van der Waals surface area contributed by atoms with Crippen molar-refractivity contribution in [2.45, 2.75) is 64.5 Å². The average Bonchev–Trinajstić information content (AvgIpc) is 2.87. The van der Waals surface area contributed by atoms with Gasteiger partial charge in [0.25, 0.3) is 0 Å². The van der Waals surface area contributed by atoms with E-state index in [0.29, 0.717) is 6.42 Å². The quantitative estimate of drug-likeness (QED) is 0.571. The van der Waals surface area contributed by atoms with E-state index in [9.17, 15) is 23.4 Å². The summed E-state index contributed by atoms with van der Waals surface area (Å²) in [7, 11) is -3.97. The van der Waals surface area contributed by atoms with Crippen LogP contribution in [-0.2, 0) is 21.4 Å². The van der Waals surface area contributed by atoms with Gasteiger partial charge < -0.3 is 20.3 Å². The molecule has 1 fully saturated rings. The summed E-state index contributed by atoms with van der Waals surface area (Å²) >= 11 is 0. The van der Waals surface area contributed by atoms with Crippen molar-refractivity contribution in [3.8, 4) is 5.75 Å². The maximum absolute atomic E-state index is 12.2. The summed E-state index contributed by atoms with van der Waals surface area (Å²) in [5.41, 5.74) is 0.308. The molecule has 0 spiro atoms. The van der Waals surface area contributed by atoms with Crippen LogP contribution in [0.3, 0.4) is 0 Å². The summed E-state index contributed by atoms with van der Waals surface area (Å²) < 4.78 is 32.1. The van der Waals surface area contributed by atoms with E-state index in [0.717, 1.165) is 41.8 Å². The van der Waals surface area contributed by atoms with Crippen LogP contribution in [0.5, 0.6) is 5.75 Å². The number of hydrogen-bond donors (Lipinski definition) is 4. The predicted molar refractivity (Wildman–Crippen MR) is 112 cm³/mol. The Morgan fingerprint density at radius 2 is 1.97 bits per heavy atom. The number of aromatic hydroxyl groups is 1. The van der Waals surface area contributed by atoms with E-state index in [2.05, 4.69) is 5.32 Å². The maximum Gasteiger partial charge on any atom is 0.407 e. The number of carbonyl (C=O) groups is 1. The number of rotatable bonds is 4. The summed E-state index contributed by atoms with van der Waals surface area (Å²) in [6, 6.07) is 4.73. The average molecular weight is 440 g/mol. The smallest absolute Gasteiger partial charge is 0.407 e. The molecule has 1 saturated carbocycles. The van der Waals surface area contributed by atoms with Gasteiger partial charge in [0.05, 0.1) is 6.20 Å². The fourth-order valence-corrected chi connectivity index (χ4v) is 4.94. The minimum Gasteiger partial charge on any atom is -0.506 e. The number of aliphatic hydroxyl groups is 1. The topological polar surface area (TPSA) is 128 Å². The van der Waals surface area contributed by atoms with Gasteiger partial charge in [0.15, 0.2) is 0 Å². The van der Waals surface area contributed by atoms with E-state index < -0.39 is 27.8 Å². The van der Waals surface area contributed by atoms with Crippen molar-refractivity contribution in [1.82, 2.24) is 10.0 Å². The first kappa shape index (κ1) is 22.1. The molecule has 2 atom stereocenters. The molecule has 1 aromatic rings. The second-order valence-electron chi connectivity index (χ2n) is 8.74. The van der Waals surface area contributed by atoms with Crippen LogP contribution in [0.4, 0.5) is 10.5 Å². The van der Waals surface area contributed by atoms with Gasteiger partial charge >= 0.3 is 16.3 Å². The SMILES string of the molecule is CC(C)(C)OC(=O)N[C@@H]1CCCC[C@H]1Cc1ccc(N2C=C(O)NS2(=O)=O)c(O)c1. The van der Waals surface area contributed by atoms with Gasteiger partial charge in [0, 0.05) is 6.04 Å². The molecule has 166 valence electrons. The molecule has 1 aliphatic carbocycles. The molecule has 3 rings (SSSR count). The number of phenolic OH excluding ortho intramolecular Hbond substituents is 1. The molecule has 1 aliphatic heterocycles. The Hall–Kier alpha value is -2.62. The van der Waals surface area contributed by atoms with Gasteiger partial charge in [-0.15, -0.1) is 0 Å². The standard InChI is InChI=1S/C20H29N3O6S/c1-20(2,3)29-19(26)21-15-7-5-4-6-14(15)10-13-8-9-16(17(24)11-13)23-12-18(25)22-30(23,27)28/h8-9,11-12,14-15,22,24-25H,4-7,10H2,1-3H3,(H,21,26)/t14-,15+/m0/s1. The van der Waals surface area contributed by atoms with Crippen LogP contribution in [0, 0.1) is 5.92 Å². The van der Waals surface area contributed by atoms with Crippen LogP contribution in [0.25, 0.3) is 0 Å². The Bertz CT molecular complexity index is 938. The highest BCUT2D eigenvalue weighted by molar-refractivity contribution is 7.91. The van der Waals surface area contributed by atoms with Gasteiger partial charge in [0.2, 0.25) is 5.88 Å². The molecule has 30 heavy (non-hydrogen) atoms. The molecular formula is C20H29N3O6S. The van der Waals surface area contributed by atoms with Crippen molar-refractivity contribution in [2.24, 2.45) is 5.92 Å². The molecule has 0 unspecified atom stereocenters. The molecule has 9 nitrogen and oxygen atoms in total. The van der Waals surface area contributed by atoms with Crippen molar-refractivity contribution in [3.63, 3.8) is 0 Å². The first-order chi connectivity index (χ1) is 13.9. The van der Waals surface area contributed by atoms with Gasteiger partial charge in [-0.1, -0.05) is 18.9 Å².